The lowest BCUT2D eigenvalue weighted by Gasteiger charge is -2.09. The summed E-state index contributed by atoms with van der Waals surface area (Å²) in [6.07, 6.45) is 2.44. The average molecular weight is 296 g/mol. The van der Waals surface area contributed by atoms with Crippen molar-refractivity contribution in [1.82, 2.24) is 5.32 Å². The Morgan fingerprint density at radius 3 is 2.81 bits per heavy atom. The van der Waals surface area contributed by atoms with E-state index >= 15 is 0 Å². The van der Waals surface area contributed by atoms with Crippen LogP contribution in [-0.4, -0.2) is 36.9 Å². The van der Waals surface area contributed by atoms with E-state index in [-0.39, 0.29) is 17.8 Å². The third-order valence-corrected chi connectivity index (χ3v) is 2.46. The maximum atomic E-state index is 13.5. The standard InChI is InChI=1S/C14H17FN2O4/c1-2-3-7-21-8-6-16-14(20)17-12-9-10(13(18)19)4-5-11(12)15/h2,4-5,9H,1,3,6-8H2,(H,18,19)(H2,16,17,20). The van der Waals surface area contributed by atoms with E-state index in [1.54, 1.807) is 6.08 Å². The minimum atomic E-state index is -1.20. The summed E-state index contributed by atoms with van der Waals surface area (Å²) in [5.74, 6) is -1.91. The summed E-state index contributed by atoms with van der Waals surface area (Å²) in [5, 5.41) is 13.5. The first-order valence-electron chi connectivity index (χ1n) is 6.31. The molecule has 1 aromatic rings. The van der Waals surface area contributed by atoms with E-state index in [4.69, 9.17) is 9.84 Å². The maximum Gasteiger partial charge on any atom is 0.335 e. The Bertz CT molecular complexity index is 520. The van der Waals surface area contributed by atoms with Crippen LogP contribution in [0.4, 0.5) is 14.9 Å². The molecule has 0 aliphatic carbocycles. The molecule has 0 aromatic heterocycles. The number of halogens is 1. The van der Waals surface area contributed by atoms with Crippen LogP contribution in [0.1, 0.15) is 16.8 Å². The van der Waals surface area contributed by atoms with Crippen molar-refractivity contribution in [3.63, 3.8) is 0 Å². The first-order chi connectivity index (χ1) is 10.0. The molecule has 6 nitrogen and oxygen atoms in total. The van der Waals surface area contributed by atoms with Gasteiger partial charge < -0.3 is 20.5 Å². The number of carbonyl (C=O) groups excluding carboxylic acids is 1. The van der Waals surface area contributed by atoms with Crippen LogP contribution in [0.15, 0.2) is 30.9 Å². The van der Waals surface area contributed by atoms with Crippen LogP contribution in [0.25, 0.3) is 0 Å². The van der Waals surface area contributed by atoms with Crippen molar-refractivity contribution in [3.8, 4) is 0 Å². The summed E-state index contributed by atoms with van der Waals surface area (Å²) in [7, 11) is 0. The molecule has 0 radical (unpaired) electrons. The maximum absolute atomic E-state index is 13.5. The number of hydrogen-bond acceptors (Lipinski definition) is 3. The number of carboxylic acid groups (broad SMARTS) is 1. The number of carbonyl (C=O) groups is 2. The molecule has 114 valence electrons. The molecule has 1 rings (SSSR count). The second-order valence-electron chi connectivity index (χ2n) is 4.07. The van der Waals surface area contributed by atoms with Gasteiger partial charge in [0.2, 0.25) is 0 Å². The first kappa shape index (κ1) is 16.6. The number of amides is 2. The molecule has 0 heterocycles. The van der Waals surface area contributed by atoms with E-state index in [1.165, 1.54) is 0 Å². The minimum absolute atomic E-state index is 0.112. The zero-order valence-electron chi connectivity index (χ0n) is 11.4. The molecule has 0 spiro atoms. The van der Waals surface area contributed by atoms with Gasteiger partial charge in [-0.2, -0.15) is 0 Å². The topological polar surface area (TPSA) is 87.7 Å². The highest BCUT2D eigenvalue weighted by Gasteiger charge is 2.10. The van der Waals surface area contributed by atoms with E-state index in [0.29, 0.717) is 13.2 Å². The van der Waals surface area contributed by atoms with Crippen molar-refractivity contribution < 1.29 is 23.8 Å². The smallest absolute Gasteiger partial charge is 0.335 e. The quantitative estimate of drug-likeness (QED) is 0.507. The number of rotatable bonds is 8. The summed E-state index contributed by atoms with van der Waals surface area (Å²) < 4.78 is 18.6. The summed E-state index contributed by atoms with van der Waals surface area (Å²) in [4.78, 5) is 22.3. The lowest BCUT2D eigenvalue weighted by molar-refractivity contribution is 0.0697. The van der Waals surface area contributed by atoms with Crippen molar-refractivity contribution in [2.75, 3.05) is 25.1 Å². The van der Waals surface area contributed by atoms with E-state index in [9.17, 15) is 14.0 Å². The van der Waals surface area contributed by atoms with Crippen molar-refractivity contribution in [3.05, 3.63) is 42.2 Å². The largest absolute Gasteiger partial charge is 0.478 e. The molecule has 21 heavy (non-hydrogen) atoms. The zero-order valence-corrected chi connectivity index (χ0v) is 11.4. The van der Waals surface area contributed by atoms with Gasteiger partial charge in [-0.05, 0) is 24.6 Å². The Labute approximate surface area is 121 Å². The van der Waals surface area contributed by atoms with Crippen LogP contribution in [0, 0.1) is 5.82 Å². The molecule has 1 aromatic carbocycles. The number of aromatic carboxylic acids is 1. The van der Waals surface area contributed by atoms with Crippen LogP contribution in [0.3, 0.4) is 0 Å². The van der Waals surface area contributed by atoms with Gasteiger partial charge in [-0.3, -0.25) is 0 Å². The van der Waals surface area contributed by atoms with Crippen LogP contribution >= 0.6 is 0 Å². The van der Waals surface area contributed by atoms with Gasteiger partial charge in [-0.25, -0.2) is 14.0 Å². The Hall–Kier alpha value is -2.41. The molecule has 0 saturated heterocycles. The fourth-order valence-electron chi connectivity index (χ4n) is 1.43. The highest BCUT2D eigenvalue weighted by molar-refractivity contribution is 5.93. The fraction of sp³-hybridized carbons (Fsp3) is 0.286. The number of anilines is 1. The molecule has 7 heteroatoms. The van der Waals surface area contributed by atoms with E-state index in [1.807, 2.05) is 0 Å². The van der Waals surface area contributed by atoms with Gasteiger partial charge in [0.1, 0.15) is 5.82 Å². The van der Waals surface area contributed by atoms with Crippen molar-refractivity contribution in [1.29, 1.82) is 0 Å². The highest BCUT2D eigenvalue weighted by Crippen LogP contribution is 2.16. The Morgan fingerprint density at radius 1 is 1.38 bits per heavy atom. The normalized spacial score (nSPS) is 9.95. The Balaban J connectivity index is 2.42. The van der Waals surface area contributed by atoms with Gasteiger partial charge in [0.15, 0.2) is 0 Å². The molecule has 0 unspecified atom stereocenters. The predicted octanol–water partition coefficient (Wildman–Crippen LogP) is 2.24. The van der Waals surface area contributed by atoms with Crippen LogP contribution in [0.5, 0.6) is 0 Å². The summed E-state index contributed by atoms with van der Waals surface area (Å²) in [6, 6.07) is 2.52. The summed E-state index contributed by atoms with van der Waals surface area (Å²) >= 11 is 0. The summed E-state index contributed by atoms with van der Waals surface area (Å²) in [5.41, 5.74) is -0.306. The van der Waals surface area contributed by atoms with Gasteiger partial charge in [0.25, 0.3) is 0 Å². The van der Waals surface area contributed by atoms with Crippen LogP contribution < -0.4 is 10.6 Å². The molecular formula is C14H17FN2O4. The van der Waals surface area contributed by atoms with Crippen LogP contribution in [0.2, 0.25) is 0 Å². The van der Waals surface area contributed by atoms with Crippen molar-refractivity contribution in [2.24, 2.45) is 0 Å². The predicted molar refractivity (Wildman–Crippen MR) is 76.0 cm³/mol. The molecular weight excluding hydrogens is 279 g/mol. The van der Waals surface area contributed by atoms with Gasteiger partial charge in [-0.1, -0.05) is 6.08 Å². The lowest BCUT2D eigenvalue weighted by Crippen LogP contribution is -2.32. The number of nitrogens with one attached hydrogen (secondary N) is 2. The first-order valence-corrected chi connectivity index (χ1v) is 6.31. The second kappa shape index (κ2) is 8.70. The molecule has 0 bridgehead atoms. The van der Waals surface area contributed by atoms with Crippen molar-refractivity contribution >= 4 is 17.7 Å². The molecule has 3 N–H and O–H groups in total. The summed E-state index contributed by atoms with van der Waals surface area (Å²) in [6.45, 7) is 4.63. The minimum Gasteiger partial charge on any atom is -0.478 e. The van der Waals surface area contributed by atoms with E-state index in [0.717, 1.165) is 24.6 Å². The molecule has 2 amide bonds. The average Bonchev–Trinajstić information content (AvgIpc) is 2.44. The Kier molecular flexibility index (Phi) is 6.90. The Morgan fingerprint density at radius 2 is 2.14 bits per heavy atom. The zero-order chi connectivity index (χ0) is 15.7. The number of benzene rings is 1. The molecule has 0 aliphatic heterocycles. The van der Waals surface area contributed by atoms with Gasteiger partial charge in [0, 0.05) is 6.54 Å². The van der Waals surface area contributed by atoms with Crippen molar-refractivity contribution in [2.45, 2.75) is 6.42 Å². The highest BCUT2D eigenvalue weighted by atomic mass is 19.1. The van der Waals surface area contributed by atoms with E-state index in [2.05, 4.69) is 17.2 Å². The van der Waals surface area contributed by atoms with Gasteiger partial charge in [0.05, 0.1) is 24.5 Å². The number of hydrogen-bond donors (Lipinski definition) is 3. The van der Waals surface area contributed by atoms with E-state index < -0.39 is 17.8 Å². The van der Waals surface area contributed by atoms with Gasteiger partial charge >= 0.3 is 12.0 Å². The fourth-order valence-corrected chi connectivity index (χ4v) is 1.43. The molecule has 0 atom stereocenters. The number of carboxylic acids is 1. The third kappa shape index (κ3) is 6.05. The second-order valence-corrected chi connectivity index (χ2v) is 4.07. The SMILES string of the molecule is C=CCCOCCNC(=O)Nc1cc(C(=O)O)ccc1F. The number of urea groups is 1. The third-order valence-electron chi connectivity index (χ3n) is 2.46. The number of ether oxygens (including phenoxy) is 1. The van der Waals surface area contributed by atoms with Crippen LogP contribution in [-0.2, 0) is 4.74 Å². The molecule has 0 saturated carbocycles. The monoisotopic (exact) mass is 296 g/mol. The molecule has 0 fully saturated rings. The van der Waals surface area contributed by atoms with Gasteiger partial charge in [-0.15, -0.1) is 6.58 Å². The molecule has 0 aliphatic rings. The lowest BCUT2D eigenvalue weighted by atomic mass is 10.2.